The summed E-state index contributed by atoms with van der Waals surface area (Å²) in [6.07, 6.45) is 0. The van der Waals surface area contributed by atoms with E-state index in [1.807, 2.05) is 27.7 Å². The number of carbonyl (C=O) groups excluding carboxylic acids is 2. The molecule has 0 radical (unpaired) electrons. The van der Waals surface area contributed by atoms with Crippen LogP contribution in [0.15, 0.2) is 6.07 Å². The number of esters is 1. The van der Waals surface area contributed by atoms with Gasteiger partial charge in [-0.25, -0.2) is 0 Å². The minimum atomic E-state index is -0.471. The minimum absolute atomic E-state index is 0.0628. The van der Waals surface area contributed by atoms with Crippen LogP contribution in [0.4, 0.5) is 0 Å². The number of nitrogens with zero attached hydrogens (tertiary/aromatic N) is 2. The van der Waals surface area contributed by atoms with Crippen LogP contribution in [0.25, 0.3) is 0 Å². The lowest BCUT2D eigenvalue weighted by Gasteiger charge is -2.34. The SMILES string of the molecule is CCOC(=O)CN(C(=O)c1cc(C)sn1)C(C)(C)C. The van der Waals surface area contributed by atoms with Crippen molar-refractivity contribution in [2.24, 2.45) is 0 Å². The Bertz CT molecular complexity index is 463. The highest BCUT2D eigenvalue weighted by Crippen LogP contribution is 2.18. The second-order valence-corrected chi connectivity index (χ2v) is 6.20. The normalized spacial score (nSPS) is 11.2. The van der Waals surface area contributed by atoms with Crippen molar-refractivity contribution < 1.29 is 14.3 Å². The maximum Gasteiger partial charge on any atom is 0.325 e. The predicted octanol–water partition coefficient (Wildman–Crippen LogP) is 2.26. The molecular weight excluding hydrogens is 264 g/mol. The molecule has 0 aliphatic carbocycles. The molecule has 0 unspecified atom stereocenters. The average Bonchev–Trinajstić information content (AvgIpc) is 2.71. The van der Waals surface area contributed by atoms with Crippen LogP contribution in [0.2, 0.25) is 0 Å². The van der Waals surface area contributed by atoms with Crippen LogP contribution >= 0.6 is 11.5 Å². The summed E-state index contributed by atoms with van der Waals surface area (Å²) in [5.41, 5.74) is -0.0943. The van der Waals surface area contributed by atoms with Gasteiger partial charge in [-0.05, 0) is 52.2 Å². The molecule has 0 fully saturated rings. The van der Waals surface area contributed by atoms with Crippen molar-refractivity contribution in [3.05, 3.63) is 16.6 Å². The third kappa shape index (κ3) is 4.31. The highest BCUT2D eigenvalue weighted by molar-refractivity contribution is 7.05. The Morgan fingerprint density at radius 1 is 1.42 bits per heavy atom. The maximum atomic E-state index is 12.4. The van der Waals surface area contributed by atoms with Gasteiger partial charge in [-0.15, -0.1) is 0 Å². The second kappa shape index (κ2) is 6.14. The fraction of sp³-hybridized carbons (Fsp3) is 0.615. The van der Waals surface area contributed by atoms with Crippen LogP contribution in [0.5, 0.6) is 0 Å². The number of carbonyl (C=O) groups is 2. The second-order valence-electron chi connectivity index (χ2n) is 5.19. The molecule has 106 valence electrons. The van der Waals surface area contributed by atoms with Gasteiger partial charge in [0.1, 0.15) is 12.2 Å². The molecule has 0 aliphatic heterocycles. The smallest absolute Gasteiger partial charge is 0.325 e. The predicted molar refractivity (Wildman–Crippen MR) is 74.3 cm³/mol. The van der Waals surface area contributed by atoms with E-state index >= 15 is 0 Å². The summed E-state index contributed by atoms with van der Waals surface area (Å²) in [7, 11) is 0. The third-order valence-corrected chi connectivity index (χ3v) is 3.19. The Morgan fingerprint density at radius 2 is 2.05 bits per heavy atom. The van der Waals surface area contributed by atoms with Gasteiger partial charge >= 0.3 is 5.97 Å². The van der Waals surface area contributed by atoms with E-state index in [4.69, 9.17) is 4.74 Å². The Kier molecular flexibility index (Phi) is 5.05. The standard InChI is InChI=1S/C13H20N2O3S/c1-6-18-11(16)8-15(13(3,4)5)12(17)10-7-9(2)19-14-10/h7H,6,8H2,1-5H3. The van der Waals surface area contributed by atoms with E-state index in [0.29, 0.717) is 12.3 Å². The molecular formula is C13H20N2O3S. The number of aromatic nitrogens is 1. The molecule has 6 heteroatoms. The number of hydrogen-bond acceptors (Lipinski definition) is 5. The Hall–Kier alpha value is -1.43. The average molecular weight is 284 g/mol. The van der Waals surface area contributed by atoms with E-state index in [9.17, 15) is 9.59 Å². The first-order chi connectivity index (χ1) is 8.75. The third-order valence-electron chi connectivity index (χ3n) is 2.49. The molecule has 19 heavy (non-hydrogen) atoms. The van der Waals surface area contributed by atoms with E-state index in [0.717, 1.165) is 4.88 Å². The zero-order valence-corrected chi connectivity index (χ0v) is 12.8. The van der Waals surface area contributed by atoms with Crippen molar-refractivity contribution in [3.8, 4) is 0 Å². The fourth-order valence-corrected chi connectivity index (χ4v) is 2.09. The topological polar surface area (TPSA) is 59.5 Å². The largest absolute Gasteiger partial charge is 0.465 e. The van der Waals surface area contributed by atoms with Crippen molar-refractivity contribution in [2.75, 3.05) is 13.2 Å². The lowest BCUT2D eigenvalue weighted by atomic mass is 10.1. The van der Waals surface area contributed by atoms with Gasteiger partial charge in [0.15, 0.2) is 0 Å². The van der Waals surface area contributed by atoms with Crippen LogP contribution < -0.4 is 0 Å². The molecule has 0 aliphatic rings. The van der Waals surface area contributed by atoms with Gasteiger partial charge < -0.3 is 9.64 Å². The van der Waals surface area contributed by atoms with Crippen molar-refractivity contribution in [1.29, 1.82) is 0 Å². The molecule has 0 atom stereocenters. The van der Waals surface area contributed by atoms with Crippen LogP contribution in [-0.2, 0) is 9.53 Å². The number of aryl methyl sites for hydroxylation is 1. The minimum Gasteiger partial charge on any atom is -0.465 e. The van der Waals surface area contributed by atoms with Crippen molar-refractivity contribution in [1.82, 2.24) is 9.27 Å². The summed E-state index contributed by atoms with van der Waals surface area (Å²) < 4.78 is 9.01. The van der Waals surface area contributed by atoms with Gasteiger partial charge in [0, 0.05) is 10.4 Å². The van der Waals surface area contributed by atoms with Crippen molar-refractivity contribution in [3.63, 3.8) is 0 Å². The van der Waals surface area contributed by atoms with Crippen LogP contribution in [0.3, 0.4) is 0 Å². The van der Waals surface area contributed by atoms with E-state index in [1.165, 1.54) is 16.4 Å². The molecule has 0 N–H and O–H groups in total. The molecule has 1 rings (SSSR count). The molecule has 0 aromatic carbocycles. The first-order valence-corrected chi connectivity index (χ1v) is 6.94. The van der Waals surface area contributed by atoms with Crippen molar-refractivity contribution in [2.45, 2.75) is 40.2 Å². The van der Waals surface area contributed by atoms with Gasteiger partial charge in [0.25, 0.3) is 5.91 Å². The summed E-state index contributed by atoms with van der Waals surface area (Å²) in [6, 6.07) is 1.73. The highest BCUT2D eigenvalue weighted by Gasteiger charge is 2.30. The van der Waals surface area contributed by atoms with Gasteiger partial charge in [0.2, 0.25) is 0 Å². The molecule has 1 amide bonds. The lowest BCUT2D eigenvalue weighted by Crippen LogP contribution is -2.48. The highest BCUT2D eigenvalue weighted by atomic mass is 32.1. The maximum absolute atomic E-state index is 12.4. The number of hydrogen-bond donors (Lipinski definition) is 0. The molecule has 1 aromatic rings. The van der Waals surface area contributed by atoms with E-state index in [1.54, 1.807) is 13.0 Å². The van der Waals surface area contributed by atoms with Gasteiger partial charge in [0.05, 0.1) is 6.61 Å². The zero-order valence-electron chi connectivity index (χ0n) is 12.0. The zero-order chi connectivity index (χ0) is 14.6. The van der Waals surface area contributed by atoms with E-state index in [-0.39, 0.29) is 12.5 Å². The summed E-state index contributed by atoms with van der Waals surface area (Å²) in [4.78, 5) is 26.5. The first kappa shape index (κ1) is 15.6. The molecule has 0 saturated heterocycles. The molecule has 5 nitrogen and oxygen atoms in total. The number of amides is 1. The monoisotopic (exact) mass is 284 g/mol. The molecule has 0 saturated carbocycles. The first-order valence-electron chi connectivity index (χ1n) is 6.16. The van der Waals surface area contributed by atoms with Crippen LogP contribution in [-0.4, -0.2) is 39.8 Å². The Balaban J connectivity index is 2.92. The molecule has 0 spiro atoms. The van der Waals surface area contributed by atoms with Gasteiger partial charge in [-0.3, -0.25) is 9.59 Å². The summed E-state index contributed by atoms with van der Waals surface area (Å²) in [5, 5.41) is 0. The molecule has 0 bridgehead atoms. The Labute approximate surface area is 117 Å². The van der Waals surface area contributed by atoms with Crippen LogP contribution in [0.1, 0.15) is 43.1 Å². The van der Waals surface area contributed by atoms with Crippen LogP contribution in [0, 0.1) is 6.92 Å². The van der Waals surface area contributed by atoms with Gasteiger partial charge in [-0.2, -0.15) is 4.37 Å². The van der Waals surface area contributed by atoms with E-state index < -0.39 is 11.5 Å². The lowest BCUT2D eigenvalue weighted by molar-refractivity contribution is -0.144. The Morgan fingerprint density at radius 3 is 2.47 bits per heavy atom. The number of ether oxygens (including phenoxy) is 1. The molecule has 1 heterocycles. The summed E-state index contributed by atoms with van der Waals surface area (Å²) in [6.45, 7) is 9.51. The fourth-order valence-electron chi connectivity index (χ4n) is 1.55. The molecule has 1 aromatic heterocycles. The quantitative estimate of drug-likeness (QED) is 0.796. The van der Waals surface area contributed by atoms with Gasteiger partial charge in [-0.1, -0.05) is 0 Å². The number of rotatable bonds is 4. The van der Waals surface area contributed by atoms with Crippen molar-refractivity contribution >= 4 is 23.4 Å². The van der Waals surface area contributed by atoms with E-state index in [2.05, 4.69) is 4.37 Å². The summed E-state index contributed by atoms with van der Waals surface area (Å²) >= 11 is 1.28. The summed E-state index contributed by atoms with van der Waals surface area (Å²) in [5.74, 6) is -0.650.